The number of likely N-dealkylation sites (N-methyl/N-ethyl adjacent to an activating group) is 1. The first kappa shape index (κ1) is 23.2. The fourth-order valence-corrected chi connectivity index (χ4v) is 4.78. The summed E-state index contributed by atoms with van der Waals surface area (Å²) in [6.45, 7) is 4.51. The number of benzene rings is 1. The Morgan fingerprint density at radius 3 is 2.85 bits per heavy atom. The first-order valence-electron chi connectivity index (χ1n) is 11.1. The summed E-state index contributed by atoms with van der Waals surface area (Å²) < 4.78 is 20.1. The summed E-state index contributed by atoms with van der Waals surface area (Å²) in [5.41, 5.74) is 2.39. The number of carbonyl (C=O) groups is 1. The molecule has 1 atom stereocenters. The maximum absolute atomic E-state index is 13.8. The molecule has 1 amide bonds. The normalized spacial score (nSPS) is 14.7. The maximum atomic E-state index is 13.8. The van der Waals surface area contributed by atoms with Crippen molar-refractivity contribution >= 4 is 23.1 Å². The number of nitrogens with zero attached hydrogens (tertiary/aromatic N) is 3. The van der Waals surface area contributed by atoms with E-state index in [1.165, 1.54) is 10.9 Å². The number of aryl methyl sites for hydroxylation is 1. The third-order valence-corrected chi connectivity index (χ3v) is 6.85. The van der Waals surface area contributed by atoms with Crippen LogP contribution in [0.3, 0.4) is 0 Å². The lowest BCUT2D eigenvalue weighted by Gasteiger charge is -2.23. The van der Waals surface area contributed by atoms with E-state index in [-0.39, 0.29) is 12.0 Å². The van der Waals surface area contributed by atoms with Crippen LogP contribution in [0.2, 0.25) is 0 Å². The standard InChI is InChI=1S/C25H29FN4O2S/c1-17-13-20(32-22(8-9-27-2)23-5-4-12-33-23)7-6-18(17)16-30-11-10-29(3)24-21(25(30)31)14-19(26)15-28-24/h4-7,12-15,22,27H,8-11,16H2,1-3H3. The van der Waals surface area contributed by atoms with Gasteiger partial charge in [0, 0.05) is 38.0 Å². The number of hydrogen-bond acceptors (Lipinski definition) is 6. The first-order chi connectivity index (χ1) is 16.0. The highest BCUT2D eigenvalue weighted by Gasteiger charge is 2.27. The van der Waals surface area contributed by atoms with Crippen LogP contribution in [0.15, 0.2) is 48.0 Å². The zero-order valence-corrected chi connectivity index (χ0v) is 20.0. The lowest BCUT2D eigenvalue weighted by Crippen LogP contribution is -2.33. The number of ether oxygens (including phenoxy) is 1. The molecule has 8 heteroatoms. The lowest BCUT2D eigenvalue weighted by atomic mass is 10.1. The molecule has 1 unspecified atom stereocenters. The van der Waals surface area contributed by atoms with Gasteiger partial charge >= 0.3 is 0 Å². The number of carbonyl (C=O) groups excluding carboxylic acids is 1. The van der Waals surface area contributed by atoms with E-state index in [1.807, 2.05) is 50.2 Å². The van der Waals surface area contributed by atoms with E-state index in [9.17, 15) is 9.18 Å². The van der Waals surface area contributed by atoms with Gasteiger partial charge in [0.1, 0.15) is 23.5 Å². The van der Waals surface area contributed by atoms with E-state index in [0.717, 1.165) is 36.0 Å². The van der Waals surface area contributed by atoms with Gasteiger partial charge in [-0.3, -0.25) is 4.79 Å². The second kappa shape index (κ2) is 10.3. The second-order valence-corrected chi connectivity index (χ2v) is 9.25. The van der Waals surface area contributed by atoms with Crippen LogP contribution in [-0.4, -0.2) is 49.5 Å². The topological polar surface area (TPSA) is 57.7 Å². The molecule has 0 aliphatic carbocycles. The van der Waals surface area contributed by atoms with Crippen LogP contribution >= 0.6 is 11.3 Å². The van der Waals surface area contributed by atoms with Crippen LogP contribution < -0.4 is 15.0 Å². The zero-order chi connectivity index (χ0) is 23.4. The minimum absolute atomic E-state index is 0.00989. The number of anilines is 1. The van der Waals surface area contributed by atoms with Gasteiger partial charge in [-0.2, -0.15) is 0 Å². The summed E-state index contributed by atoms with van der Waals surface area (Å²) in [7, 11) is 3.81. The average molecular weight is 469 g/mol. The van der Waals surface area contributed by atoms with Crippen LogP contribution in [0.4, 0.5) is 10.2 Å². The molecule has 0 saturated heterocycles. The molecule has 6 nitrogen and oxygen atoms in total. The summed E-state index contributed by atoms with van der Waals surface area (Å²) in [5, 5.41) is 5.25. The molecule has 1 aromatic carbocycles. The molecule has 1 aliphatic rings. The monoisotopic (exact) mass is 468 g/mol. The quantitative estimate of drug-likeness (QED) is 0.531. The highest BCUT2D eigenvalue weighted by Crippen LogP contribution is 2.30. The number of fused-ring (bicyclic) bond motifs is 1. The van der Waals surface area contributed by atoms with E-state index >= 15 is 0 Å². The number of nitrogens with one attached hydrogen (secondary N) is 1. The fraction of sp³-hybridized carbons (Fsp3) is 0.360. The fourth-order valence-electron chi connectivity index (χ4n) is 3.99. The van der Waals surface area contributed by atoms with Gasteiger partial charge in [0.25, 0.3) is 5.91 Å². The van der Waals surface area contributed by atoms with E-state index in [4.69, 9.17) is 4.74 Å². The molecular weight excluding hydrogens is 439 g/mol. The number of aromatic nitrogens is 1. The number of halogens is 1. The van der Waals surface area contributed by atoms with E-state index in [2.05, 4.69) is 21.7 Å². The number of hydrogen-bond donors (Lipinski definition) is 1. The zero-order valence-electron chi connectivity index (χ0n) is 19.2. The van der Waals surface area contributed by atoms with Gasteiger partial charge in [-0.05, 0) is 61.3 Å². The smallest absolute Gasteiger partial charge is 0.258 e. The van der Waals surface area contributed by atoms with Crippen molar-refractivity contribution in [1.82, 2.24) is 15.2 Å². The predicted molar refractivity (Wildman–Crippen MR) is 130 cm³/mol. The number of pyridine rings is 1. The van der Waals surface area contributed by atoms with Crippen LogP contribution in [0.25, 0.3) is 0 Å². The number of thiophene rings is 1. The third kappa shape index (κ3) is 5.34. The van der Waals surface area contributed by atoms with Crippen LogP contribution in [0.1, 0.15) is 38.9 Å². The van der Waals surface area contributed by atoms with Crippen LogP contribution in [0, 0.1) is 12.7 Å². The lowest BCUT2D eigenvalue weighted by molar-refractivity contribution is 0.0754. The summed E-state index contributed by atoms with van der Waals surface area (Å²) in [6.07, 6.45) is 2.02. The molecule has 0 radical (unpaired) electrons. The molecule has 1 aliphatic heterocycles. The minimum Gasteiger partial charge on any atom is -0.485 e. The molecule has 3 heterocycles. The molecular formula is C25H29FN4O2S. The largest absolute Gasteiger partial charge is 0.485 e. The highest BCUT2D eigenvalue weighted by atomic mass is 32.1. The molecule has 0 spiro atoms. The average Bonchev–Trinajstić information content (AvgIpc) is 3.31. The Morgan fingerprint density at radius 1 is 1.27 bits per heavy atom. The Morgan fingerprint density at radius 2 is 2.12 bits per heavy atom. The van der Waals surface area contributed by atoms with Gasteiger partial charge in [-0.25, -0.2) is 9.37 Å². The molecule has 1 N–H and O–H groups in total. The second-order valence-electron chi connectivity index (χ2n) is 8.28. The Balaban J connectivity index is 1.51. The van der Waals surface area contributed by atoms with Crippen molar-refractivity contribution in [3.05, 3.63) is 75.4 Å². The first-order valence-corrected chi connectivity index (χ1v) is 11.9. The van der Waals surface area contributed by atoms with E-state index in [0.29, 0.717) is 31.0 Å². The molecule has 0 fully saturated rings. The summed E-state index contributed by atoms with van der Waals surface area (Å²) in [4.78, 5) is 22.1. The SMILES string of the molecule is CNCCC(Oc1ccc(CN2CCN(C)c3ncc(F)cc3C2=O)c(C)c1)c1cccs1. The molecule has 0 saturated carbocycles. The molecule has 33 heavy (non-hydrogen) atoms. The van der Waals surface area contributed by atoms with Crippen molar-refractivity contribution < 1.29 is 13.9 Å². The van der Waals surface area contributed by atoms with Crippen molar-refractivity contribution in [1.29, 1.82) is 0 Å². The van der Waals surface area contributed by atoms with Gasteiger partial charge in [0.05, 0.1) is 11.8 Å². The number of amides is 1. The van der Waals surface area contributed by atoms with E-state index < -0.39 is 5.82 Å². The molecule has 0 bridgehead atoms. The Labute approximate surface area is 198 Å². The number of rotatable bonds is 8. The van der Waals surface area contributed by atoms with Crippen molar-refractivity contribution in [2.24, 2.45) is 0 Å². The predicted octanol–water partition coefficient (Wildman–Crippen LogP) is 4.41. The summed E-state index contributed by atoms with van der Waals surface area (Å²) in [5.74, 6) is 0.620. The van der Waals surface area contributed by atoms with Crippen LogP contribution in [0.5, 0.6) is 5.75 Å². The van der Waals surface area contributed by atoms with Gasteiger partial charge in [-0.1, -0.05) is 12.1 Å². The van der Waals surface area contributed by atoms with Crippen molar-refractivity contribution in [3.8, 4) is 5.75 Å². The van der Waals surface area contributed by atoms with Gasteiger partial charge < -0.3 is 19.9 Å². The Kier molecular flexibility index (Phi) is 7.25. The summed E-state index contributed by atoms with van der Waals surface area (Å²) in [6, 6.07) is 11.4. The third-order valence-electron chi connectivity index (χ3n) is 5.89. The van der Waals surface area contributed by atoms with Gasteiger partial charge in [0.2, 0.25) is 0 Å². The van der Waals surface area contributed by atoms with Crippen molar-refractivity contribution in [2.75, 3.05) is 38.6 Å². The minimum atomic E-state index is -0.506. The maximum Gasteiger partial charge on any atom is 0.258 e. The Bertz CT molecular complexity index is 1110. The molecule has 3 aromatic rings. The molecule has 2 aromatic heterocycles. The summed E-state index contributed by atoms with van der Waals surface area (Å²) >= 11 is 1.70. The van der Waals surface area contributed by atoms with E-state index in [1.54, 1.807) is 16.2 Å². The van der Waals surface area contributed by atoms with Crippen molar-refractivity contribution in [2.45, 2.75) is 26.0 Å². The molecule has 174 valence electrons. The highest BCUT2D eigenvalue weighted by molar-refractivity contribution is 7.10. The van der Waals surface area contributed by atoms with Crippen LogP contribution in [-0.2, 0) is 6.54 Å². The van der Waals surface area contributed by atoms with Gasteiger partial charge in [0.15, 0.2) is 0 Å². The van der Waals surface area contributed by atoms with Gasteiger partial charge in [-0.15, -0.1) is 11.3 Å². The van der Waals surface area contributed by atoms with Crippen molar-refractivity contribution in [3.63, 3.8) is 0 Å². The molecule has 4 rings (SSSR count). The Hall–Kier alpha value is -2.97.